The highest BCUT2D eigenvalue weighted by Crippen LogP contribution is 2.21. The van der Waals surface area contributed by atoms with Crippen molar-refractivity contribution >= 4 is 27.5 Å². The number of hydrogen-bond acceptors (Lipinski definition) is 3. The molecule has 0 aliphatic heterocycles. The Labute approximate surface area is 190 Å². The first-order chi connectivity index (χ1) is 14.8. The Morgan fingerprint density at radius 1 is 1.03 bits per heavy atom. The first-order valence-corrected chi connectivity index (χ1v) is 12.8. The monoisotopic (exact) mass is 462 g/mol. The van der Waals surface area contributed by atoms with E-state index in [-0.39, 0.29) is 29.9 Å². The highest BCUT2D eigenvalue weighted by molar-refractivity contribution is 7.89. The second kappa shape index (κ2) is 11.1. The number of carbonyl (C=O) groups excluding carboxylic acids is 1. The van der Waals surface area contributed by atoms with E-state index in [9.17, 15) is 13.2 Å². The lowest BCUT2D eigenvalue weighted by molar-refractivity contribution is -0.122. The van der Waals surface area contributed by atoms with Gasteiger partial charge in [-0.1, -0.05) is 73.5 Å². The summed E-state index contributed by atoms with van der Waals surface area (Å²) in [6.07, 6.45) is 7.72. The summed E-state index contributed by atoms with van der Waals surface area (Å²) >= 11 is 6.09. The summed E-state index contributed by atoms with van der Waals surface area (Å²) in [5.74, 6) is -0.261. The average Bonchev–Trinajstić information content (AvgIpc) is 2.70. The van der Waals surface area contributed by atoms with Crippen LogP contribution in [0, 0.1) is 6.92 Å². The van der Waals surface area contributed by atoms with Crippen LogP contribution in [-0.2, 0) is 21.4 Å². The minimum Gasteiger partial charge on any atom is -0.352 e. The van der Waals surface area contributed by atoms with Crippen molar-refractivity contribution in [2.24, 2.45) is 0 Å². The molecule has 3 rings (SSSR count). The SMILES string of the molecule is Cc1ccc(S(=O)(=O)N(CC(=O)NC2CCCCCCC2)Cc2cccc(Cl)c2)cc1. The zero-order valence-electron chi connectivity index (χ0n) is 18.0. The fourth-order valence-electron chi connectivity index (χ4n) is 3.96. The molecule has 0 spiro atoms. The van der Waals surface area contributed by atoms with Crippen molar-refractivity contribution in [1.29, 1.82) is 0 Å². The van der Waals surface area contributed by atoms with Crippen LogP contribution < -0.4 is 5.32 Å². The van der Waals surface area contributed by atoms with E-state index in [1.54, 1.807) is 42.5 Å². The molecule has 168 valence electrons. The maximum absolute atomic E-state index is 13.4. The van der Waals surface area contributed by atoms with Gasteiger partial charge in [-0.25, -0.2) is 8.42 Å². The van der Waals surface area contributed by atoms with E-state index in [1.807, 2.05) is 13.0 Å². The zero-order valence-corrected chi connectivity index (χ0v) is 19.6. The quantitative estimate of drug-likeness (QED) is 0.624. The van der Waals surface area contributed by atoms with Crippen LogP contribution in [0.5, 0.6) is 0 Å². The molecule has 2 aromatic rings. The molecule has 0 unspecified atom stereocenters. The molecule has 1 aliphatic rings. The van der Waals surface area contributed by atoms with Gasteiger partial charge >= 0.3 is 0 Å². The molecule has 7 heteroatoms. The summed E-state index contributed by atoms with van der Waals surface area (Å²) in [4.78, 5) is 13.0. The first-order valence-electron chi connectivity index (χ1n) is 11.0. The third kappa shape index (κ3) is 7.06. The fraction of sp³-hybridized carbons (Fsp3) is 0.458. The molecule has 2 aromatic carbocycles. The lowest BCUT2D eigenvalue weighted by Gasteiger charge is -2.25. The van der Waals surface area contributed by atoms with Crippen molar-refractivity contribution in [2.75, 3.05) is 6.54 Å². The summed E-state index contributed by atoms with van der Waals surface area (Å²) in [5.41, 5.74) is 1.71. The smallest absolute Gasteiger partial charge is 0.243 e. The molecule has 0 heterocycles. The van der Waals surface area contributed by atoms with Gasteiger partial charge in [0.05, 0.1) is 11.4 Å². The summed E-state index contributed by atoms with van der Waals surface area (Å²) in [7, 11) is -3.85. The number of amides is 1. The summed E-state index contributed by atoms with van der Waals surface area (Å²) < 4.78 is 28.0. The van der Waals surface area contributed by atoms with Crippen LogP contribution >= 0.6 is 11.6 Å². The van der Waals surface area contributed by atoms with Crippen LogP contribution in [-0.4, -0.2) is 31.2 Å². The van der Waals surface area contributed by atoms with Crippen LogP contribution in [0.1, 0.15) is 56.1 Å². The Hall–Kier alpha value is -1.89. The average molecular weight is 463 g/mol. The molecule has 0 radical (unpaired) electrons. The first kappa shape index (κ1) is 23.8. The molecule has 31 heavy (non-hydrogen) atoms. The summed E-state index contributed by atoms with van der Waals surface area (Å²) in [6, 6.07) is 13.9. The normalized spacial score (nSPS) is 16.0. The minimum atomic E-state index is -3.85. The standard InChI is InChI=1S/C24H31ClN2O3S/c1-19-12-14-23(15-13-19)31(29,30)27(17-20-8-7-9-21(25)16-20)18-24(28)26-22-10-5-3-2-4-6-11-22/h7-9,12-16,22H,2-6,10-11,17-18H2,1H3,(H,26,28). The zero-order chi connectivity index (χ0) is 22.3. The van der Waals surface area contributed by atoms with E-state index < -0.39 is 10.0 Å². The Morgan fingerprint density at radius 3 is 2.32 bits per heavy atom. The van der Waals surface area contributed by atoms with Gasteiger partial charge in [0.2, 0.25) is 15.9 Å². The second-order valence-corrected chi connectivity index (χ2v) is 10.7. The number of halogens is 1. The van der Waals surface area contributed by atoms with Crippen molar-refractivity contribution in [3.05, 3.63) is 64.7 Å². The van der Waals surface area contributed by atoms with Gasteiger partial charge in [-0.15, -0.1) is 0 Å². The largest absolute Gasteiger partial charge is 0.352 e. The minimum absolute atomic E-state index is 0.0782. The van der Waals surface area contributed by atoms with Crippen molar-refractivity contribution in [3.63, 3.8) is 0 Å². The van der Waals surface area contributed by atoms with Gasteiger partial charge in [0, 0.05) is 17.6 Å². The van der Waals surface area contributed by atoms with E-state index in [0.29, 0.717) is 5.02 Å². The molecule has 1 fully saturated rings. The predicted molar refractivity (Wildman–Crippen MR) is 124 cm³/mol. The van der Waals surface area contributed by atoms with Gasteiger partial charge in [0.15, 0.2) is 0 Å². The molecular formula is C24H31ClN2O3S. The number of hydrogen-bond donors (Lipinski definition) is 1. The number of rotatable bonds is 7. The molecule has 1 saturated carbocycles. The van der Waals surface area contributed by atoms with Crippen LogP contribution in [0.25, 0.3) is 0 Å². The van der Waals surface area contributed by atoms with Gasteiger partial charge < -0.3 is 5.32 Å². The van der Waals surface area contributed by atoms with Crippen LogP contribution in [0.2, 0.25) is 5.02 Å². The lowest BCUT2D eigenvalue weighted by atomic mass is 9.97. The Morgan fingerprint density at radius 2 is 1.68 bits per heavy atom. The van der Waals surface area contributed by atoms with Crippen molar-refractivity contribution in [2.45, 2.75) is 69.4 Å². The Kier molecular flexibility index (Phi) is 8.52. The number of aryl methyl sites for hydroxylation is 1. The van der Waals surface area contributed by atoms with Crippen LogP contribution in [0.15, 0.2) is 53.4 Å². The number of nitrogens with zero attached hydrogens (tertiary/aromatic N) is 1. The molecule has 5 nitrogen and oxygen atoms in total. The molecule has 0 saturated heterocycles. The molecular weight excluding hydrogens is 432 g/mol. The second-order valence-electron chi connectivity index (χ2n) is 8.33. The highest BCUT2D eigenvalue weighted by atomic mass is 35.5. The summed E-state index contributed by atoms with van der Waals surface area (Å²) in [5, 5.41) is 3.61. The number of nitrogens with one attached hydrogen (secondary N) is 1. The van der Waals surface area contributed by atoms with E-state index in [0.717, 1.165) is 36.8 Å². The van der Waals surface area contributed by atoms with E-state index in [4.69, 9.17) is 11.6 Å². The molecule has 1 aliphatic carbocycles. The van der Waals surface area contributed by atoms with Crippen molar-refractivity contribution in [3.8, 4) is 0 Å². The number of carbonyl (C=O) groups is 1. The fourth-order valence-corrected chi connectivity index (χ4v) is 5.56. The number of sulfonamides is 1. The van der Waals surface area contributed by atoms with E-state index >= 15 is 0 Å². The van der Waals surface area contributed by atoms with Gasteiger partial charge in [-0.05, 0) is 49.6 Å². The molecule has 1 N–H and O–H groups in total. The van der Waals surface area contributed by atoms with Gasteiger partial charge in [0.1, 0.15) is 0 Å². The number of benzene rings is 2. The van der Waals surface area contributed by atoms with Crippen LogP contribution in [0.4, 0.5) is 0 Å². The summed E-state index contributed by atoms with van der Waals surface area (Å²) in [6.45, 7) is 1.76. The molecule has 0 bridgehead atoms. The Bertz CT molecular complexity index is 969. The lowest BCUT2D eigenvalue weighted by Crippen LogP contribution is -2.44. The maximum atomic E-state index is 13.4. The van der Waals surface area contributed by atoms with Gasteiger partial charge in [-0.2, -0.15) is 4.31 Å². The maximum Gasteiger partial charge on any atom is 0.243 e. The van der Waals surface area contributed by atoms with Crippen molar-refractivity contribution < 1.29 is 13.2 Å². The van der Waals surface area contributed by atoms with Crippen LogP contribution in [0.3, 0.4) is 0 Å². The van der Waals surface area contributed by atoms with E-state index in [1.165, 1.54) is 23.6 Å². The molecule has 0 aromatic heterocycles. The van der Waals surface area contributed by atoms with Gasteiger partial charge in [0.25, 0.3) is 0 Å². The van der Waals surface area contributed by atoms with Gasteiger partial charge in [-0.3, -0.25) is 4.79 Å². The Balaban J connectivity index is 1.79. The third-order valence-corrected chi connectivity index (χ3v) is 7.74. The third-order valence-electron chi connectivity index (χ3n) is 5.70. The van der Waals surface area contributed by atoms with E-state index in [2.05, 4.69) is 5.32 Å². The molecule has 1 amide bonds. The topological polar surface area (TPSA) is 66.5 Å². The highest BCUT2D eigenvalue weighted by Gasteiger charge is 2.28. The van der Waals surface area contributed by atoms with Crippen molar-refractivity contribution in [1.82, 2.24) is 9.62 Å². The predicted octanol–water partition coefficient (Wildman–Crippen LogP) is 5.07. The molecule has 0 atom stereocenters.